The van der Waals surface area contributed by atoms with Gasteiger partial charge in [0.05, 0.1) is 6.20 Å². The van der Waals surface area contributed by atoms with Gasteiger partial charge >= 0.3 is 0 Å². The summed E-state index contributed by atoms with van der Waals surface area (Å²) >= 11 is 0. The number of carbonyl (C=O) groups excluding carboxylic acids is 1. The molecule has 1 rings (SSSR count). The van der Waals surface area contributed by atoms with Gasteiger partial charge < -0.3 is 15.1 Å². The van der Waals surface area contributed by atoms with Crippen molar-refractivity contribution in [2.24, 2.45) is 5.92 Å². The topological polar surface area (TPSA) is 61.4 Å². The zero-order valence-electron chi connectivity index (χ0n) is 13.3. The van der Waals surface area contributed by atoms with E-state index in [0.29, 0.717) is 17.5 Å². The molecule has 0 aromatic carbocycles. The summed E-state index contributed by atoms with van der Waals surface area (Å²) in [6.07, 6.45) is 3.32. The molecular weight excluding hydrogens is 254 g/mol. The third kappa shape index (κ3) is 3.82. The first-order chi connectivity index (χ1) is 9.40. The Hall–Kier alpha value is -1.85. The molecule has 6 nitrogen and oxygen atoms in total. The second-order valence-corrected chi connectivity index (χ2v) is 5.20. The summed E-state index contributed by atoms with van der Waals surface area (Å²) in [5.41, 5.74) is 0.650. The van der Waals surface area contributed by atoms with Gasteiger partial charge in [-0.2, -0.15) is 4.98 Å². The fourth-order valence-electron chi connectivity index (χ4n) is 1.90. The van der Waals surface area contributed by atoms with Crippen molar-refractivity contribution in [1.82, 2.24) is 9.97 Å². The van der Waals surface area contributed by atoms with Crippen molar-refractivity contribution in [3.05, 3.63) is 6.20 Å². The molecular formula is C14H25N5O. The lowest BCUT2D eigenvalue weighted by Crippen LogP contribution is -2.25. The van der Waals surface area contributed by atoms with Crippen LogP contribution in [-0.2, 0) is 4.79 Å². The SMILES string of the molecule is CCC(CC)C(=O)Nc1cnc(N(C)C)nc1N(C)C. The summed E-state index contributed by atoms with van der Waals surface area (Å²) in [5, 5.41) is 2.94. The molecule has 0 saturated heterocycles. The highest BCUT2D eigenvalue weighted by molar-refractivity contribution is 5.95. The quantitative estimate of drug-likeness (QED) is 0.863. The summed E-state index contributed by atoms with van der Waals surface area (Å²) in [7, 11) is 7.57. The maximum atomic E-state index is 12.2. The van der Waals surface area contributed by atoms with Gasteiger partial charge in [0.15, 0.2) is 5.82 Å². The Morgan fingerprint density at radius 1 is 1.20 bits per heavy atom. The van der Waals surface area contributed by atoms with Crippen LogP contribution in [0, 0.1) is 5.92 Å². The molecule has 1 aromatic rings. The van der Waals surface area contributed by atoms with Crippen molar-refractivity contribution >= 4 is 23.4 Å². The highest BCUT2D eigenvalue weighted by atomic mass is 16.1. The average Bonchev–Trinajstić information content (AvgIpc) is 2.39. The predicted molar refractivity (Wildman–Crippen MR) is 83.4 cm³/mol. The monoisotopic (exact) mass is 279 g/mol. The second-order valence-electron chi connectivity index (χ2n) is 5.20. The van der Waals surface area contributed by atoms with Crippen molar-refractivity contribution in [1.29, 1.82) is 0 Å². The minimum absolute atomic E-state index is 0.0264. The van der Waals surface area contributed by atoms with Crippen LogP contribution in [-0.4, -0.2) is 44.1 Å². The van der Waals surface area contributed by atoms with Gasteiger partial charge in [0.2, 0.25) is 11.9 Å². The van der Waals surface area contributed by atoms with Crippen molar-refractivity contribution in [3.8, 4) is 0 Å². The van der Waals surface area contributed by atoms with E-state index in [-0.39, 0.29) is 11.8 Å². The molecule has 0 aliphatic heterocycles. The Morgan fingerprint density at radius 2 is 1.80 bits per heavy atom. The number of hydrogen-bond donors (Lipinski definition) is 1. The van der Waals surface area contributed by atoms with Gasteiger partial charge in [0.25, 0.3) is 0 Å². The van der Waals surface area contributed by atoms with Crippen molar-refractivity contribution < 1.29 is 4.79 Å². The Morgan fingerprint density at radius 3 is 2.25 bits per heavy atom. The molecule has 1 aromatic heterocycles. The van der Waals surface area contributed by atoms with Crippen molar-refractivity contribution in [2.75, 3.05) is 43.3 Å². The van der Waals surface area contributed by atoms with E-state index in [1.165, 1.54) is 0 Å². The first-order valence-electron chi connectivity index (χ1n) is 6.93. The van der Waals surface area contributed by atoms with Crippen LogP contribution in [0.1, 0.15) is 26.7 Å². The van der Waals surface area contributed by atoms with Crippen molar-refractivity contribution in [2.45, 2.75) is 26.7 Å². The number of anilines is 3. The third-order valence-corrected chi connectivity index (χ3v) is 3.19. The second kappa shape index (κ2) is 7.07. The molecule has 0 unspecified atom stereocenters. The summed E-state index contributed by atoms with van der Waals surface area (Å²) in [5.74, 6) is 1.38. The molecule has 0 saturated carbocycles. The maximum absolute atomic E-state index is 12.2. The highest BCUT2D eigenvalue weighted by Crippen LogP contribution is 2.24. The van der Waals surface area contributed by atoms with Crippen LogP contribution in [0.2, 0.25) is 0 Å². The Bertz CT molecular complexity index is 455. The smallest absolute Gasteiger partial charge is 0.227 e. The standard InChI is InChI=1S/C14H25N5O/c1-7-10(8-2)13(20)16-11-9-15-14(19(5)6)17-12(11)18(3)4/h9-10H,7-8H2,1-6H3,(H,16,20). The van der Waals surface area contributed by atoms with Gasteiger partial charge in [0, 0.05) is 34.1 Å². The molecule has 0 bridgehead atoms. The number of nitrogens with zero attached hydrogens (tertiary/aromatic N) is 4. The number of hydrogen-bond acceptors (Lipinski definition) is 5. The number of amides is 1. The molecule has 0 aliphatic carbocycles. The molecule has 0 fully saturated rings. The third-order valence-electron chi connectivity index (χ3n) is 3.19. The van der Waals surface area contributed by atoms with E-state index in [2.05, 4.69) is 15.3 Å². The van der Waals surface area contributed by atoms with Crippen LogP contribution >= 0.6 is 0 Å². The van der Waals surface area contributed by atoms with Crippen LogP contribution in [0.15, 0.2) is 6.20 Å². The van der Waals surface area contributed by atoms with E-state index < -0.39 is 0 Å². The molecule has 0 atom stereocenters. The number of rotatable bonds is 6. The van der Waals surface area contributed by atoms with E-state index in [1.807, 2.05) is 51.8 Å². The number of nitrogens with one attached hydrogen (secondary N) is 1. The molecule has 0 radical (unpaired) electrons. The van der Waals surface area contributed by atoms with Gasteiger partial charge in [-0.15, -0.1) is 0 Å². The van der Waals surface area contributed by atoms with Crippen LogP contribution in [0.5, 0.6) is 0 Å². The number of carbonyl (C=O) groups is 1. The summed E-state index contributed by atoms with van der Waals surface area (Å²) in [6.45, 7) is 4.04. The van der Waals surface area contributed by atoms with Gasteiger partial charge in [-0.1, -0.05) is 13.8 Å². The molecule has 20 heavy (non-hydrogen) atoms. The first kappa shape index (κ1) is 16.2. The maximum Gasteiger partial charge on any atom is 0.227 e. The minimum atomic E-state index is 0.0264. The van der Waals surface area contributed by atoms with E-state index in [4.69, 9.17) is 0 Å². The molecule has 1 N–H and O–H groups in total. The predicted octanol–water partition coefficient (Wildman–Crippen LogP) is 1.98. The molecule has 1 amide bonds. The Kier molecular flexibility index (Phi) is 5.73. The Labute approximate surface area is 121 Å². The van der Waals surface area contributed by atoms with Crippen molar-refractivity contribution in [3.63, 3.8) is 0 Å². The summed E-state index contributed by atoms with van der Waals surface area (Å²) in [6, 6.07) is 0. The van der Waals surface area contributed by atoms with Gasteiger partial charge in [-0.05, 0) is 12.8 Å². The van der Waals surface area contributed by atoms with E-state index in [0.717, 1.165) is 12.8 Å². The fourth-order valence-corrected chi connectivity index (χ4v) is 1.90. The lowest BCUT2D eigenvalue weighted by Gasteiger charge is -2.20. The lowest BCUT2D eigenvalue weighted by atomic mass is 10.0. The van der Waals surface area contributed by atoms with Gasteiger partial charge in [0.1, 0.15) is 5.69 Å². The molecule has 0 spiro atoms. The van der Waals surface area contributed by atoms with Crippen LogP contribution in [0.4, 0.5) is 17.5 Å². The summed E-state index contributed by atoms with van der Waals surface area (Å²) in [4.78, 5) is 24.6. The van der Waals surface area contributed by atoms with Crippen LogP contribution < -0.4 is 15.1 Å². The lowest BCUT2D eigenvalue weighted by molar-refractivity contribution is -0.120. The highest BCUT2D eigenvalue weighted by Gasteiger charge is 2.18. The number of aromatic nitrogens is 2. The van der Waals surface area contributed by atoms with Gasteiger partial charge in [-0.3, -0.25) is 4.79 Å². The zero-order valence-corrected chi connectivity index (χ0v) is 13.3. The minimum Gasteiger partial charge on any atom is -0.361 e. The van der Waals surface area contributed by atoms with Crippen LogP contribution in [0.25, 0.3) is 0 Å². The molecule has 112 valence electrons. The molecule has 0 aliphatic rings. The normalized spacial score (nSPS) is 10.6. The molecule has 6 heteroatoms. The fraction of sp³-hybridized carbons (Fsp3) is 0.643. The van der Waals surface area contributed by atoms with Crippen LogP contribution in [0.3, 0.4) is 0 Å². The average molecular weight is 279 g/mol. The first-order valence-corrected chi connectivity index (χ1v) is 6.93. The zero-order chi connectivity index (χ0) is 15.3. The van der Waals surface area contributed by atoms with E-state index in [9.17, 15) is 4.79 Å². The van der Waals surface area contributed by atoms with E-state index >= 15 is 0 Å². The van der Waals surface area contributed by atoms with Gasteiger partial charge in [-0.25, -0.2) is 4.98 Å². The summed E-state index contributed by atoms with van der Waals surface area (Å²) < 4.78 is 0. The Balaban J connectivity index is 3.03. The largest absolute Gasteiger partial charge is 0.361 e. The van der Waals surface area contributed by atoms with E-state index in [1.54, 1.807) is 6.20 Å². The molecule has 1 heterocycles.